The lowest BCUT2D eigenvalue weighted by atomic mass is 9.99. The number of alkyl halides is 2. The smallest absolute Gasteiger partial charge is 0.284 e. The van der Waals surface area contributed by atoms with Crippen LogP contribution >= 0.6 is 11.3 Å². The first-order valence-electron chi connectivity index (χ1n) is 13.7. The normalized spacial score (nSPS) is 14.4. The SMILES string of the molecule is COc1ccc(C2(C(=O)N(CCCc3cccc(C(F)F)c3)Cc3nc(C(=O)NS(=O)(=O)C(C)(C)N)c(C)s3)CC2)nc1. The van der Waals surface area contributed by atoms with Gasteiger partial charge in [-0.15, -0.1) is 11.3 Å². The van der Waals surface area contributed by atoms with Gasteiger partial charge in [0.05, 0.1) is 31.0 Å². The lowest BCUT2D eigenvalue weighted by molar-refractivity contribution is -0.134. The van der Waals surface area contributed by atoms with Gasteiger partial charge in [0.25, 0.3) is 22.4 Å². The predicted molar refractivity (Wildman–Crippen MR) is 158 cm³/mol. The van der Waals surface area contributed by atoms with Gasteiger partial charge in [-0.25, -0.2) is 26.9 Å². The number of ether oxygens (including phenoxy) is 1. The van der Waals surface area contributed by atoms with Crippen LogP contribution in [0.3, 0.4) is 0 Å². The van der Waals surface area contributed by atoms with Crippen LogP contribution in [0.15, 0.2) is 42.6 Å². The van der Waals surface area contributed by atoms with E-state index in [4.69, 9.17) is 10.5 Å². The van der Waals surface area contributed by atoms with Gasteiger partial charge in [0, 0.05) is 17.0 Å². The van der Waals surface area contributed by atoms with E-state index in [2.05, 4.69) is 9.97 Å². The molecule has 0 unspecified atom stereocenters. The molecule has 2 aromatic heterocycles. The number of methoxy groups -OCH3 is 1. The second-order valence-corrected chi connectivity index (χ2v) is 14.6. The van der Waals surface area contributed by atoms with Crippen molar-refractivity contribution in [1.82, 2.24) is 19.6 Å². The number of rotatable bonds is 13. The van der Waals surface area contributed by atoms with Crippen molar-refractivity contribution in [2.24, 2.45) is 5.73 Å². The Morgan fingerprint density at radius 3 is 2.53 bits per heavy atom. The van der Waals surface area contributed by atoms with Gasteiger partial charge >= 0.3 is 0 Å². The molecule has 1 saturated carbocycles. The Balaban J connectivity index is 1.56. The van der Waals surface area contributed by atoms with Gasteiger partial charge in [0.15, 0.2) is 0 Å². The number of nitrogens with zero attached hydrogens (tertiary/aromatic N) is 3. The maximum atomic E-state index is 14.1. The van der Waals surface area contributed by atoms with Crippen LogP contribution in [-0.2, 0) is 33.2 Å². The molecular weight excluding hydrogens is 600 g/mol. The molecule has 1 aliphatic carbocycles. The van der Waals surface area contributed by atoms with E-state index in [1.165, 1.54) is 44.4 Å². The number of halogens is 2. The number of pyridine rings is 1. The summed E-state index contributed by atoms with van der Waals surface area (Å²) >= 11 is 1.18. The number of carbonyl (C=O) groups is 2. The molecule has 14 heteroatoms. The number of aromatic nitrogens is 2. The lowest BCUT2D eigenvalue weighted by Crippen LogP contribution is -2.50. The van der Waals surface area contributed by atoms with Gasteiger partial charge in [-0.2, -0.15) is 0 Å². The molecule has 4 rings (SSSR count). The minimum absolute atomic E-state index is 0.0583. The van der Waals surface area contributed by atoms with Crippen LogP contribution in [0.5, 0.6) is 5.75 Å². The Morgan fingerprint density at radius 1 is 1.23 bits per heavy atom. The molecule has 3 aromatic rings. The summed E-state index contributed by atoms with van der Waals surface area (Å²) in [6.45, 7) is 4.54. The second-order valence-electron chi connectivity index (χ2n) is 11.1. The highest BCUT2D eigenvalue weighted by Gasteiger charge is 2.54. The minimum Gasteiger partial charge on any atom is -0.495 e. The number of hydrogen-bond donors (Lipinski definition) is 2. The average Bonchev–Trinajstić information content (AvgIpc) is 3.68. The summed E-state index contributed by atoms with van der Waals surface area (Å²) in [5, 5.41) is 0.443. The fourth-order valence-electron chi connectivity index (χ4n) is 4.60. The van der Waals surface area contributed by atoms with Crippen molar-refractivity contribution in [2.45, 2.75) is 69.7 Å². The number of benzene rings is 1. The molecule has 2 heterocycles. The summed E-state index contributed by atoms with van der Waals surface area (Å²) in [5.74, 6) is -0.492. The van der Waals surface area contributed by atoms with Crippen LogP contribution < -0.4 is 15.2 Å². The van der Waals surface area contributed by atoms with E-state index in [0.717, 1.165) is 5.56 Å². The first-order valence-corrected chi connectivity index (χ1v) is 16.0. The number of aryl methyl sites for hydroxylation is 2. The first-order chi connectivity index (χ1) is 20.2. The number of amides is 2. The summed E-state index contributed by atoms with van der Waals surface area (Å²) in [5.41, 5.74) is 6.11. The van der Waals surface area contributed by atoms with E-state index in [0.29, 0.717) is 53.6 Å². The maximum Gasteiger partial charge on any atom is 0.284 e. The number of hydrogen-bond acceptors (Lipinski definition) is 9. The molecule has 1 aromatic carbocycles. The van der Waals surface area contributed by atoms with Gasteiger partial charge in [-0.3, -0.25) is 14.6 Å². The second kappa shape index (κ2) is 12.6. The van der Waals surface area contributed by atoms with Crippen molar-refractivity contribution in [2.75, 3.05) is 13.7 Å². The third kappa shape index (κ3) is 7.36. The summed E-state index contributed by atoms with van der Waals surface area (Å²) < 4.78 is 58.4. The van der Waals surface area contributed by atoms with Gasteiger partial charge in [0.2, 0.25) is 5.91 Å². The van der Waals surface area contributed by atoms with Gasteiger partial charge in [-0.1, -0.05) is 24.3 Å². The Labute approximate surface area is 253 Å². The van der Waals surface area contributed by atoms with Crippen molar-refractivity contribution < 1.29 is 31.5 Å². The van der Waals surface area contributed by atoms with Crippen LogP contribution in [0.1, 0.15) is 76.7 Å². The summed E-state index contributed by atoms with van der Waals surface area (Å²) in [7, 11) is -2.64. The molecule has 0 spiro atoms. The number of nitrogens with one attached hydrogen (secondary N) is 1. The van der Waals surface area contributed by atoms with Crippen molar-refractivity contribution >= 4 is 33.2 Å². The Hall–Kier alpha value is -3.49. The molecule has 43 heavy (non-hydrogen) atoms. The highest BCUT2D eigenvalue weighted by atomic mass is 32.2. The average molecular weight is 636 g/mol. The minimum atomic E-state index is -4.17. The standard InChI is InChI=1S/C29H35F2N5O5S2/c1-18-24(26(37)35-43(39,40)28(2,3)32)34-23(42-18)17-36(14-6-8-19-7-5-9-20(15-19)25(30)31)27(38)29(12-13-29)22-11-10-21(41-4)16-33-22/h5,7,9-11,15-16,25H,6,8,12-14,17,32H2,1-4H3,(H,35,37). The molecule has 2 amide bonds. The first kappa shape index (κ1) is 32.4. The summed E-state index contributed by atoms with van der Waals surface area (Å²) in [6, 6.07) is 9.72. The quantitative estimate of drug-likeness (QED) is 0.284. The number of sulfonamides is 1. The Bertz CT molecular complexity index is 1580. The highest BCUT2D eigenvalue weighted by Crippen LogP contribution is 2.49. The van der Waals surface area contributed by atoms with E-state index in [1.54, 1.807) is 42.3 Å². The molecule has 1 fully saturated rings. The number of nitrogens with two attached hydrogens (primary N) is 1. The van der Waals surface area contributed by atoms with Crippen molar-refractivity contribution in [1.29, 1.82) is 0 Å². The maximum absolute atomic E-state index is 14.1. The van der Waals surface area contributed by atoms with Crippen LogP contribution in [0.4, 0.5) is 8.78 Å². The molecule has 3 N–H and O–H groups in total. The van der Waals surface area contributed by atoms with E-state index in [9.17, 15) is 26.8 Å². The van der Waals surface area contributed by atoms with E-state index in [1.807, 2.05) is 4.72 Å². The van der Waals surface area contributed by atoms with Crippen LogP contribution in [0, 0.1) is 6.92 Å². The summed E-state index contributed by atoms with van der Waals surface area (Å²) in [4.78, 5) is 36.2. The van der Waals surface area contributed by atoms with Crippen LogP contribution in [0.2, 0.25) is 0 Å². The molecular formula is C29H35F2N5O5S2. The Kier molecular flexibility index (Phi) is 9.52. The molecule has 0 radical (unpaired) electrons. The third-order valence-corrected chi connectivity index (χ3v) is 10.1. The predicted octanol–water partition coefficient (Wildman–Crippen LogP) is 4.24. The topological polar surface area (TPSA) is 145 Å². The lowest BCUT2D eigenvalue weighted by Gasteiger charge is -2.27. The number of thiazole rings is 1. The molecule has 0 aliphatic heterocycles. The molecule has 0 saturated heterocycles. The van der Waals surface area contributed by atoms with Gasteiger partial charge in [-0.05, 0) is 64.2 Å². The third-order valence-electron chi connectivity index (χ3n) is 7.31. The highest BCUT2D eigenvalue weighted by molar-refractivity contribution is 7.91. The monoisotopic (exact) mass is 635 g/mol. The fourth-order valence-corrected chi connectivity index (χ4v) is 6.15. The largest absolute Gasteiger partial charge is 0.495 e. The molecule has 232 valence electrons. The van der Waals surface area contributed by atoms with Crippen molar-refractivity contribution in [3.8, 4) is 5.75 Å². The number of carbonyl (C=O) groups excluding carboxylic acids is 2. The Morgan fingerprint density at radius 2 is 1.95 bits per heavy atom. The summed E-state index contributed by atoms with van der Waals surface area (Å²) in [6.07, 6.45) is 1.16. The molecule has 10 nitrogen and oxygen atoms in total. The van der Waals surface area contributed by atoms with E-state index in [-0.39, 0.29) is 23.7 Å². The van der Waals surface area contributed by atoms with Crippen LogP contribution in [0.25, 0.3) is 0 Å². The zero-order valence-electron chi connectivity index (χ0n) is 24.4. The fraction of sp³-hybridized carbons (Fsp3) is 0.448. The van der Waals surface area contributed by atoms with E-state index >= 15 is 0 Å². The molecule has 1 aliphatic rings. The van der Waals surface area contributed by atoms with Gasteiger partial charge < -0.3 is 15.4 Å². The zero-order chi connectivity index (χ0) is 31.6. The van der Waals surface area contributed by atoms with Gasteiger partial charge in [0.1, 0.15) is 21.3 Å². The van der Waals surface area contributed by atoms with Crippen molar-refractivity contribution in [3.05, 3.63) is 75.0 Å². The van der Waals surface area contributed by atoms with Crippen molar-refractivity contribution in [3.63, 3.8) is 0 Å². The molecule has 0 bridgehead atoms. The zero-order valence-corrected chi connectivity index (χ0v) is 26.0. The molecule has 0 atom stereocenters. The van der Waals surface area contributed by atoms with E-state index < -0.39 is 32.6 Å². The van der Waals surface area contributed by atoms with Crippen LogP contribution in [-0.4, -0.2) is 53.6 Å².